The van der Waals surface area contributed by atoms with Crippen LogP contribution in [0.5, 0.6) is 0 Å². The molecule has 3 aromatic carbocycles. The van der Waals surface area contributed by atoms with Crippen LogP contribution in [0.3, 0.4) is 0 Å². The van der Waals surface area contributed by atoms with E-state index in [0.717, 1.165) is 46.6 Å². The number of nitrogens with one attached hydrogen (secondary N) is 1. The third kappa shape index (κ3) is 4.47. The molecule has 32 heavy (non-hydrogen) atoms. The van der Waals surface area contributed by atoms with Crippen molar-refractivity contribution in [3.8, 4) is 11.3 Å². The van der Waals surface area contributed by atoms with Gasteiger partial charge in [0.2, 0.25) is 0 Å². The average molecular weight is 423 g/mol. The number of hydrogen-bond acceptors (Lipinski definition) is 4. The molecule has 1 aliphatic heterocycles. The van der Waals surface area contributed by atoms with Crippen LogP contribution < -0.4 is 10.2 Å². The van der Waals surface area contributed by atoms with Crippen LogP contribution in [0.15, 0.2) is 78.9 Å². The fraction of sp³-hybridized carbons (Fsp3) is 0.222. The lowest BCUT2D eigenvalue weighted by atomic mass is 10.1. The molecule has 1 saturated heterocycles. The second kappa shape index (κ2) is 9.18. The Balaban J connectivity index is 1.26. The second-order valence-electron chi connectivity index (χ2n) is 8.27. The lowest BCUT2D eigenvalue weighted by Gasteiger charge is -2.20. The van der Waals surface area contributed by atoms with Gasteiger partial charge in [-0.05, 0) is 60.0 Å². The molecule has 1 aromatic heterocycles. The Morgan fingerprint density at radius 2 is 1.50 bits per heavy atom. The predicted octanol–water partition coefficient (Wildman–Crippen LogP) is 5.93. The quantitative estimate of drug-likeness (QED) is 0.443. The van der Waals surface area contributed by atoms with Gasteiger partial charge in [-0.15, -0.1) is 10.2 Å². The molecule has 0 radical (unpaired) electrons. The number of fused-ring (bicyclic) bond motifs is 1. The lowest BCUT2D eigenvalue weighted by Crippen LogP contribution is -2.25. The number of carbonyl (C=O) groups excluding carboxylic acids is 1. The van der Waals surface area contributed by atoms with Crippen LogP contribution in [-0.2, 0) is 0 Å². The van der Waals surface area contributed by atoms with E-state index in [1.54, 1.807) is 0 Å². The summed E-state index contributed by atoms with van der Waals surface area (Å²) in [6, 6.07) is 25.6. The highest BCUT2D eigenvalue weighted by molar-refractivity contribution is 6.06. The molecule has 0 saturated carbocycles. The van der Waals surface area contributed by atoms with Crippen molar-refractivity contribution in [2.24, 2.45) is 0 Å². The van der Waals surface area contributed by atoms with Crippen LogP contribution in [-0.4, -0.2) is 29.2 Å². The van der Waals surface area contributed by atoms with Gasteiger partial charge in [0.15, 0.2) is 5.82 Å². The standard InChI is InChI=1S/C27H26N4O/c32-27(23-10-9-20-7-3-4-8-22(20)19-23)28-24-13-11-21(12-14-24)25-15-16-26(30-29-25)31-17-5-1-2-6-18-31/h3-4,7-16,19H,1-2,5-6,17-18H2,(H,28,32). The Bertz CT molecular complexity index is 1210. The maximum atomic E-state index is 12.7. The van der Waals surface area contributed by atoms with E-state index >= 15 is 0 Å². The molecular formula is C27H26N4O. The van der Waals surface area contributed by atoms with Crippen LogP contribution in [0.4, 0.5) is 11.5 Å². The zero-order valence-electron chi connectivity index (χ0n) is 18.0. The highest BCUT2D eigenvalue weighted by Crippen LogP contribution is 2.23. The second-order valence-corrected chi connectivity index (χ2v) is 8.27. The molecule has 0 spiro atoms. The number of aromatic nitrogens is 2. The van der Waals surface area contributed by atoms with Gasteiger partial charge in [0.25, 0.3) is 5.91 Å². The summed E-state index contributed by atoms with van der Waals surface area (Å²) in [5.41, 5.74) is 3.20. The van der Waals surface area contributed by atoms with Gasteiger partial charge < -0.3 is 10.2 Å². The zero-order valence-corrected chi connectivity index (χ0v) is 18.0. The van der Waals surface area contributed by atoms with Crippen LogP contribution in [0.25, 0.3) is 22.0 Å². The van der Waals surface area contributed by atoms with Gasteiger partial charge in [-0.1, -0.05) is 55.3 Å². The Hall–Kier alpha value is -3.73. The fourth-order valence-electron chi connectivity index (χ4n) is 4.21. The Morgan fingerprint density at radius 3 is 2.22 bits per heavy atom. The normalized spacial score (nSPS) is 14.2. The van der Waals surface area contributed by atoms with Crippen molar-refractivity contribution in [3.05, 3.63) is 84.4 Å². The van der Waals surface area contributed by atoms with E-state index in [-0.39, 0.29) is 5.91 Å². The van der Waals surface area contributed by atoms with E-state index in [1.807, 2.05) is 72.8 Å². The number of benzene rings is 3. The minimum absolute atomic E-state index is 0.120. The minimum atomic E-state index is -0.120. The van der Waals surface area contributed by atoms with Crippen LogP contribution in [0, 0.1) is 0 Å². The van der Waals surface area contributed by atoms with E-state index in [2.05, 4.69) is 26.5 Å². The molecule has 5 nitrogen and oxygen atoms in total. The number of anilines is 2. The first-order valence-electron chi connectivity index (χ1n) is 11.3. The molecule has 5 heteroatoms. The highest BCUT2D eigenvalue weighted by atomic mass is 16.1. The van der Waals surface area contributed by atoms with Crippen LogP contribution in [0.2, 0.25) is 0 Å². The van der Waals surface area contributed by atoms with Crippen molar-refractivity contribution in [2.45, 2.75) is 25.7 Å². The molecule has 1 aliphatic rings. The first-order chi connectivity index (χ1) is 15.8. The van der Waals surface area contributed by atoms with Crippen LogP contribution in [0.1, 0.15) is 36.0 Å². The molecule has 2 heterocycles. The van der Waals surface area contributed by atoms with E-state index < -0.39 is 0 Å². The molecule has 0 atom stereocenters. The van der Waals surface area contributed by atoms with Gasteiger partial charge in [0.1, 0.15) is 0 Å². The summed E-state index contributed by atoms with van der Waals surface area (Å²) < 4.78 is 0. The van der Waals surface area contributed by atoms with Gasteiger partial charge in [0, 0.05) is 29.9 Å². The summed E-state index contributed by atoms with van der Waals surface area (Å²) in [6.07, 6.45) is 5.03. The molecule has 160 valence electrons. The zero-order chi connectivity index (χ0) is 21.8. The average Bonchev–Trinajstić information content (AvgIpc) is 3.14. The van der Waals surface area contributed by atoms with Crippen molar-refractivity contribution in [2.75, 3.05) is 23.3 Å². The van der Waals surface area contributed by atoms with Gasteiger partial charge in [-0.3, -0.25) is 4.79 Å². The molecular weight excluding hydrogens is 396 g/mol. The summed E-state index contributed by atoms with van der Waals surface area (Å²) >= 11 is 0. The van der Waals surface area contributed by atoms with Gasteiger partial charge in [-0.25, -0.2) is 0 Å². The van der Waals surface area contributed by atoms with Crippen molar-refractivity contribution in [3.63, 3.8) is 0 Å². The van der Waals surface area contributed by atoms with E-state index in [0.29, 0.717) is 5.56 Å². The number of carbonyl (C=O) groups is 1. The van der Waals surface area contributed by atoms with Crippen LogP contribution >= 0.6 is 0 Å². The molecule has 4 aromatic rings. The molecule has 1 amide bonds. The van der Waals surface area contributed by atoms with Crippen molar-refractivity contribution >= 4 is 28.2 Å². The van der Waals surface area contributed by atoms with E-state index in [4.69, 9.17) is 0 Å². The lowest BCUT2D eigenvalue weighted by molar-refractivity contribution is 0.102. The number of rotatable bonds is 4. The SMILES string of the molecule is O=C(Nc1ccc(-c2ccc(N3CCCCCC3)nn2)cc1)c1ccc2ccccc2c1. The first kappa shape index (κ1) is 20.2. The molecule has 5 rings (SSSR count). The topological polar surface area (TPSA) is 58.1 Å². The molecule has 0 bridgehead atoms. The van der Waals surface area contributed by atoms with Crippen molar-refractivity contribution in [1.82, 2.24) is 10.2 Å². The maximum absolute atomic E-state index is 12.7. The predicted molar refractivity (Wildman–Crippen MR) is 130 cm³/mol. The summed E-state index contributed by atoms with van der Waals surface area (Å²) in [5, 5.41) is 14.1. The van der Waals surface area contributed by atoms with E-state index in [1.165, 1.54) is 25.7 Å². The van der Waals surface area contributed by atoms with Gasteiger partial charge in [-0.2, -0.15) is 0 Å². The third-order valence-corrected chi connectivity index (χ3v) is 6.03. The Morgan fingerprint density at radius 1 is 0.750 bits per heavy atom. The molecule has 1 N–H and O–H groups in total. The Kier molecular flexibility index (Phi) is 5.79. The molecule has 0 unspecified atom stereocenters. The summed E-state index contributed by atoms with van der Waals surface area (Å²) in [5.74, 6) is 0.833. The van der Waals surface area contributed by atoms with Crippen molar-refractivity contribution < 1.29 is 4.79 Å². The molecule has 0 aliphatic carbocycles. The number of hydrogen-bond donors (Lipinski definition) is 1. The van der Waals surface area contributed by atoms with E-state index in [9.17, 15) is 4.79 Å². The Labute approximate surface area is 188 Å². The summed E-state index contributed by atoms with van der Waals surface area (Å²) in [7, 11) is 0. The molecule has 1 fully saturated rings. The van der Waals surface area contributed by atoms with Crippen molar-refractivity contribution in [1.29, 1.82) is 0 Å². The third-order valence-electron chi connectivity index (χ3n) is 6.03. The fourth-order valence-corrected chi connectivity index (χ4v) is 4.21. The number of nitrogens with zero attached hydrogens (tertiary/aromatic N) is 3. The van der Waals surface area contributed by atoms with Gasteiger partial charge in [0.05, 0.1) is 5.69 Å². The smallest absolute Gasteiger partial charge is 0.255 e. The highest BCUT2D eigenvalue weighted by Gasteiger charge is 2.12. The maximum Gasteiger partial charge on any atom is 0.255 e. The first-order valence-corrected chi connectivity index (χ1v) is 11.3. The largest absolute Gasteiger partial charge is 0.355 e. The summed E-state index contributed by atoms with van der Waals surface area (Å²) in [4.78, 5) is 15.0. The number of amides is 1. The monoisotopic (exact) mass is 422 g/mol. The summed E-state index contributed by atoms with van der Waals surface area (Å²) in [6.45, 7) is 2.11. The van der Waals surface area contributed by atoms with Gasteiger partial charge >= 0.3 is 0 Å². The minimum Gasteiger partial charge on any atom is -0.355 e.